The zero-order valence-corrected chi connectivity index (χ0v) is 22.7. The van der Waals surface area contributed by atoms with Crippen molar-refractivity contribution in [2.45, 2.75) is 78.6 Å². The Morgan fingerprint density at radius 3 is 2.14 bits per heavy atom. The molecule has 9 heteroatoms. The van der Waals surface area contributed by atoms with Gasteiger partial charge in [-0.2, -0.15) is 0 Å². The van der Waals surface area contributed by atoms with Gasteiger partial charge in [-0.25, -0.2) is 4.79 Å². The second kappa shape index (κ2) is 12.6. The molecule has 2 aromatic carbocycles. The number of phenols is 1. The predicted octanol–water partition coefficient (Wildman–Crippen LogP) is 4.20. The van der Waals surface area contributed by atoms with Gasteiger partial charge in [-0.05, 0) is 65.2 Å². The van der Waals surface area contributed by atoms with Gasteiger partial charge >= 0.3 is 6.09 Å². The van der Waals surface area contributed by atoms with E-state index >= 15 is 0 Å². The summed E-state index contributed by atoms with van der Waals surface area (Å²) in [5.74, 6) is -1.39. The van der Waals surface area contributed by atoms with Crippen LogP contribution in [0.15, 0.2) is 42.5 Å². The van der Waals surface area contributed by atoms with E-state index in [1.54, 1.807) is 45.9 Å². The maximum absolute atomic E-state index is 13.9. The molecule has 202 valence electrons. The summed E-state index contributed by atoms with van der Waals surface area (Å²) >= 11 is 0. The number of rotatable bonds is 9. The van der Waals surface area contributed by atoms with Crippen molar-refractivity contribution < 1.29 is 29.3 Å². The third kappa shape index (κ3) is 7.69. The number of para-hydroxylation sites is 2. The van der Waals surface area contributed by atoms with E-state index in [1.165, 1.54) is 11.0 Å². The van der Waals surface area contributed by atoms with E-state index in [1.807, 2.05) is 39.0 Å². The van der Waals surface area contributed by atoms with E-state index in [4.69, 9.17) is 4.74 Å². The Morgan fingerprint density at radius 1 is 1.03 bits per heavy atom. The molecular weight excluding hydrogens is 474 g/mol. The molecule has 0 aliphatic heterocycles. The maximum atomic E-state index is 13.9. The van der Waals surface area contributed by atoms with Gasteiger partial charge in [-0.3, -0.25) is 9.59 Å². The second-order valence-electron chi connectivity index (χ2n) is 10.1. The van der Waals surface area contributed by atoms with Gasteiger partial charge in [0.05, 0.1) is 6.61 Å². The lowest BCUT2D eigenvalue weighted by Crippen LogP contribution is -2.56. The molecular formula is C28H39N3O6. The minimum Gasteiger partial charge on any atom is -0.508 e. The first kappa shape index (κ1) is 29.6. The van der Waals surface area contributed by atoms with Gasteiger partial charge in [0, 0.05) is 17.3 Å². The van der Waals surface area contributed by atoms with E-state index < -0.39 is 48.2 Å². The maximum Gasteiger partial charge on any atom is 0.408 e. The summed E-state index contributed by atoms with van der Waals surface area (Å²) < 4.78 is 5.25. The van der Waals surface area contributed by atoms with E-state index in [0.717, 1.165) is 11.1 Å². The van der Waals surface area contributed by atoms with Crippen LogP contribution in [-0.4, -0.2) is 57.3 Å². The average molecular weight is 514 g/mol. The Labute approximate surface area is 218 Å². The zero-order valence-electron chi connectivity index (χ0n) is 22.7. The van der Waals surface area contributed by atoms with E-state index in [2.05, 4.69) is 10.6 Å². The number of aromatic hydroxyl groups is 1. The first-order chi connectivity index (χ1) is 17.3. The minimum atomic E-state index is -1.37. The third-order valence-electron chi connectivity index (χ3n) is 5.98. The van der Waals surface area contributed by atoms with Gasteiger partial charge in [0.25, 0.3) is 5.91 Å². The molecule has 0 saturated heterocycles. The molecule has 37 heavy (non-hydrogen) atoms. The molecule has 3 unspecified atom stereocenters. The fourth-order valence-corrected chi connectivity index (χ4v) is 3.95. The van der Waals surface area contributed by atoms with Crippen LogP contribution < -0.4 is 10.6 Å². The zero-order chi connectivity index (χ0) is 27.9. The molecule has 2 rings (SSSR count). The molecule has 2 aromatic rings. The highest BCUT2D eigenvalue weighted by Gasteiger charge is 2.39. The number of carbonyl (C=O) groups excluding carboxylic acids is 3. The number of hydrogen-bond donors (Lipinski definition) is 4. The lowest BCUT2D eigenvalue weighted by atomic mass is 9.98. The number of ether oxygens (including phenoxy) is 1. The van der Waals surface area contributed by atoms with Gasteiger partial charge in [0.15, 0.2) is 0 Å². The lowest BCUT2D eigenvalue weighted by molar-refractivity contribution is -0.144. The second-order valence-corrected chi connectivity index (χ2v) is 10.1. The van der Waals surface area contributed by atoms with E-state index in [0.29, 0.717) is 12.1 Å². The summed E-state index contributed by atoms with van der Waals surface area (Å²) in [4.78, 5) is 41.4. The molecule has 0 saturated carbocycles. The van der Waals surface area contributed by atoms with Gasteiger partial charge < -0.3 is 30.5 Å². The van der Waals surface area contributed by atoms with Crippen molar-refractivity contribution in [1.29, 1.82) is 0 Å². The predicted molar refractivity (Wildman–Crippen MR) is 142 cm³/mol. The fourth-order valence-electron chi connectivity index (χ4n) is 3.95. The first-order valence-corrected chi connectivity index (χ1v) is 12.4. The summed E-state index contributed by atoms with van der Waals surface area (Å²) in [7, 11) is 0. The van der Waals surface area contributed by atoms with Crippen molar-refractivity contribution in [1.82, 2.24) is 10.2 Å². The Morgan fingerprint density at radius 2 is 1.62 bits per heavy atom. The van der Waals surface area contributed by atoms with Crippen molar-refractivity contribution in [2.75, 3.05) is 11.9 Å². The number of amides is 3. The number of aliphatic hydroxyl groups is 1. The van der Waals surface area contributed by atoms with Crippen molar-refractivity contribution in [3.05, 3.63) is 59.2 Å². The van der Waals surface area contributed by atoms with Crippen LogP contribution in [0, 0.1) is 13.8 Å². The SMILES string of the molecule is CCC(C)N(C(=O)C(CO)NC(=O)OC(C)(C)C)C(C(=O)Nc1c(C)cccc1C)c1ccccc1O. The highest BCUT2D eigenvalue weighted by Crippen LogP contribution is 2.33. The van der Waals surface area contributed by atoms with Crippen molar-refractivity contribution in [2.24, 2.45) is 0 Å². The number of nitrogens with zero attached hydrogens (tertiary/aromatic N) is 1. The van der Waals surface area contributed by atoms with Crippen LogP contribution in [0.5, 0.6) is 5.75 Å². The Bertz CT molecular complexity index is 1090. The number of hydrogen-bond acceptors (Lipinski definition) is 6. The van der Waals surface area contributed by atoms with Gasteiger partial charge in [0.1, 0.15) is 23.4 Å². The number of benzene rings is 2. The van der Waals surface area contributed by atoms with Crippen LogP contribution >= 0.6 is 0 Å². The molecule has 3 atom stereocenters. The highest BCUT2D eigenvalue weighted by atomic mass is 16.6. The van der Waals surface area contributed by atoms with Crippen molar-refractivity contribution in [3.63, 3.8) is 0 Å². The number of aryl methyl sites for hydroxylation is 2. The monoisotopic (exact) mass is 513 g/mol. The molecule has 0 radical (unpaired) electrons. The number of carbonyl (C=O) groups is 3. The molecule has 0 heterocycles. The minimum absolute atomic E-state index is 0.161. The normalized spacial score (nSPS) is 13.7. The summed E-state index contributed by atoms with van der Waals surface area (Å²) in [5.41, 5.74) is 1.69. The van der Waals surface area contributed by atoms with Crippen molar-refractivity contribution >= 4 is 23.6 Å². The fraction of sp³-hybridized carbons (Fsp3) is 0.464. The van der Waals surface area contributed by atoms with Crippen LogP contribution in [-0.2, 0) is 14.3 Å². The number of anilines is 1. The van der Waals surface area contributed by atoms with E-state index in [-0.39, 0.29) is 11.3 Å². The van der Waals surface area contributed by atoms with Gasteiger partial charge in [-0.1, -0.05) is 43.3 Å². The van der Waals surface area contributed by atoms with Crippen LogP contribution in [0.4, 0.5) is 10.5 Å². The summed E-state index contributed by atoms with van der Waals surface area (Å²) in [5, 5.41) is 26.1. The quantitative estimate of drug-likeness (QED) is 0.398. The highest BCUT2D eigenvalue weighted by molar-refractivity contribution is 6.00. The summed E-state index contributed by atoms with van der Waals surface area (Å²) in [6.45, 7) is 11.7. The van der Waals surface area contributed by atoms with Gasteiger partial charge in [-0.15, -0.1) is 0 Å². The third-order valence-corrected chi connectivity index (χ3v) is 5.98. The molecule has 9 nitrogen and oxygen atoms in total. The number of aliphatic hydroxyl groups excluding tert-OH is 1. The molecule has 0 aliphatic carbocycles. The molecule has 0 bridgehead atoms. The van der Waals surface area contributed by atoms with Crippen LogP contribution in [0.2, 0.25) is 0 Å². The Kier molecular flexibility index (Phi) is 10.1. The molecule has 0 fully saturated rings. The number of alkyl carbamates (subject to hydrolysis) is 1. The molecule has 3 amide bonds. The lowest BCUT2D eigenvalue weighted by Gasteiger charge is -2.38. The standard InChI is InChI=1S/C28H39N3O6/c1-8-19(4)31(26(35)21(16-32)29-27(36)37-28(5,6)7)24(20-14-9-10-15-22(20)33)25(34)30-23-17(2)12-11-13-18(23)3/h9-15,19,21,24,32-33H,8,16H2,1-7H3,(H,29,36)(H,30,34). The smallest absolute Gasteiger partial charge is 0.408 e. The Hall–Kier alpha value is -3.59. The number of phenolic OH excluding ortho intramolecular Hbond substituents is 1. The van der Waals surface area contributed by atoms with Crippen LogP contribution in [0.3, 0.4) is 0 Å². The Balaban J connectivity index is 2.56. The molecule has 0 aromatic heterocycles. The summed E-state index contributed by atoms with van der Waals surface area (Å²) in [6.07, 6.45) is -0.403. The van der Waals surface area contributed by atoms with E-state index in [9.17, 15) is 24.6 Å². The summed E-state index contributed by atoms with van der Waals surface area (Å²) in [6, 6.07) is 8.79. The molecule has 0 spiro atoms. The molecule has 4 N–H and O–H groups in total. The van der Waals surface area contributed by atoms with Crippen molar-refractivity contribution in [3.8, 4) is 5.75 Å². The first-order valence-electron chi connectivity index (χ1n) is 12.4. The molecule has 0 aliphatic rings. The average Bonchev–Trinajstić information content (AvgIpc) is 2.82. The van der Waals surface area contributed by atoms with Crippen LogP contribution in [0.25, 0.3) is 0 Å². The number of nitrogens with one attached hydrogen (secondary N) is 2. The van der Waals surface area contributed by atoms with Gasteiger partial charge in [0.2, 0.25) is 5.91 Å². The topological polar surface area (TPSA) is 128 Å². The van der Waals surface area contributed by atoms with Crippen LogP contribution in [0.1, 0.15) is 63.8 Å². The largest absolute Gasteiger partial charge is 0.508 e.